The number of nitrogens with zero attached hydrogens (tertiary/aromatic N) is 3. The van der Waals surface area contributed by atoms with Crippen LogP contribution in [0.5, 0.6) is 5.75 Å². The van der Waals surface area contributed by atoms with Gasteiger partial charge in [0.05, 0.1) is 19.4 Å². The van der Waals surface area contributed by atoms with Crippen LogP contribution in [0.25, 0.3) is 11.3 Å². The molecule has 0 radical (unpaired) electrons. The molecule has 6 nitrogen and oxygen atoms in total. The average molecular weight is 446 g/mol. The van der Waals surface area contributed by atoms with Gasteiger partial charge in [-0.3, -0.25) is 9.88 Å². The zero-order valence-corrected chi connectivity index (χ0v) is 19.2. The lowest BCUT2D eigenvalue weighted by molar-refractivity contribution is 0.0595. The Balaban J connectivity index is 1.22. The second-order valence-corrected chi connectivity index (χ2v) is 8.18. The Morgan fingerprint density at radius 1 is 0.909 bits per heavy atom. The molecule has 0 spiro atoms. The third kappa shape index (κ3) is 6.18. The molecule has 1 aliphatic rings. The van der Waals surface area contributed by atoms with Gasteiger partial charge in [0.25, 0.3) is 0 Å². The highest BCUT2D eigenvalue weighted by Gasteiger charge is 2.18. The van der Waals surface area contributed by atoms with E-state index in [1.54, 1.807) is 6.07 Å². The summed E-state index contributed by atoms with van der Waals surface area (Å²) in [7, 11) is 1.38. The van der Waals surface area contributed by atoms with Gasteiger partial charge < -0.3 is 14.4 Å². The Bertz CT molecular complexity index is 1030. The zero-order chi connectivity index (χ0) is 22.9. The molecule has 1 aliphatic heterocycles. The molecule has 1 aromatic heterocycles. The van der Waals surface area contributed by atoms with Crippen molar-refractivity contribution < 1.29 is 14.3 Å². The number of aromatic nitrogens is 1. The standard InChI is InChI=1S/C27H31N3O3/c1-32-27(31)24-12-5-6-13-25(24)33-20-8-15-29-16-18-30(19-17-29)21-23-11-7-14-28-26(23)22-9-3-2-4-10-22/h2-7,9-14H,8,15-21H2,1H3. The zero-order valence-electron chi connectivity index (χ0n) is 19.2. The van der Waals surface area contributed by atoms with Gasteiger partial charge in [0, 0.05) is 51.0 Å². The number of para-hydroxylation sites is 1. The molecule has 6 heteroatoms. The van der Waals surface area contributed by atoms with Crippen LogP contribution in [-0.4, -0.2) is 67.2 Å². The quantitative estimate of drug-likeness (QED) is 0.365. The second-order valence-electron chi connectivity index (χ2n) is 8.18. The van der Waals surface area contributed by atoms with Gasteiger partial charge >= 0.3 is 5.97 Å². The van der Waals surface area contributed by atoms with Crippen molar-refractivity contribution in [3.05, 3.63) is 84.1 Å². The van der Waals surface area contributed by atoms with Gasteiger partial charge in [-0.15, -0.1) is 0 Å². The van der Waals surface area contributed by atoms with E-state index < -0.39 is 0 Å². The fraction of sp³-hybridized carbons (Fsp3) is 0.333. The molecule has 1 fully saturated rings. The van der Waals surface area contributed by atoms with Crippen molar-refractivity contribution in [1.29, 1.82) is 0 Å². The summed E-state index contributed by atoms with van der Waals surface area (Å²) in [5.41, 5.74) is 3.99. The van der Waals surface area contributed by atoms with E-state index in [0.717, 1.165) is 51.4 Å². The van der Waals surface area contributed by atoms with E-state index in [1.165, 1.54) is 18.2 Å². The average Bonchev–Trinajstić information content (AvgIpc) is 2.88. The topological polar surface area (TPSA) is 54.9 Å². The van der Waals surface area contributed by atoms with Gasteiger partial charge in [-0.05, 0) is 30.2 Å². The number of hydrogen-bond donors (Lipinski definition) is 0. The van der Waals surface area contributed by atoms with Crippen LogP contribution in [0.15, 0.2) is 72.9 Å². The Morgan fingerprint density at radius 3 is 2.42 bits per heavy atom. The third-order valence-electron chi connectivity index (χ3n) is 5.97. The van der Waals surface area contributed by atoms with Gasteiger partial charge in [-0.1, -0.05) is 48.5 Å². The molecule has 33 heavy (non-hydrogen) atoms. The number of benzene rings is 2. The number of methoxy groups -OCH3 is 1. The van der Waals surface area contributed by atoms with Gasteiger partial charge in [0.2, 0.25) is 0 Å². The molecule has 172 valence electrons. The van der Waals surface area contributed by atoms with Crippen molar-refractivity contribution in [2.75, 3.05) is 46.4 Å². The summed E-state index contributed by atoms with van der Waals surface area (Å²) < 4.78 is 10.7. The summed E-state index contributed by atoms with van der Waals surface area (Å²) in [6.45, 7) is 6.63. The Labute approximate surface area is 195 Å². The van der Waals surface area contributed by atoms with Crippen LogP contribution in [0.2, 0.25) is 0 Å². The lowest BCUT2D eigenvalue weighted by atomic mass is 10.1. The van der Waals surface area contributed by atoms with E-state index in [0.29, 0.717) is 17.9 Å². The Hall–Kier alpha value is -3.22. The molecule has 2 aromatic carbocycles. The first kappa shape index (κ1) is 23.0. The molecule has 0 amide bonds. The van der Waals surface area contributed by atoms with Gasteiger partial charge in [-0.25, -0.2) is 4.79 Å². The summed E-state index contributed by atoms with van der Waals surface area (Å²) >= 11 is 0. The maximum Gasteiger partial charge on any atom is 0.341 e. The maximum atomic E-state index is 11.9. The number of rotatable bonds is 9. The highest BCUT2D eigenvalue weighted by atomic mass is 16.5. The van der Waals surface area contributed by atoms with Gasteiger partial charge in [0.15, 0.2) is 0 Å². The summed E-state index contributed by atoms with van der Waals surface area (Å²) in [5, 5.41) is 0. The smallest absolute Gasteiger partial charge is 0.341 e. The number of carbonyl (C=O) groups is 1. The van der Waals surface area contributed by atoms with E-state index in [1.807, 2.05) is 36.5 Å². The molecule has 3 aromatic rings. The Morgan fingerprint density at radius 2 is 1.64 bits per heavy atom. The molecular formula is C27H31N3O3. The Kier molecular flexibility index (Phi) is 8.06. The van der Waals surface area contributed by atoms with Crippen LogP contribution in [0, 0.1) is 0 Å². The van der Waals surface area contributed by atoms with Crippen molar-refractivity contribution in [3.8, 4) is 17.0 Å². The van der Waals surface area contributed by atoms with E-state index in [2.05, 4.69) is 45.1 Å². The fourth-order valence-electron chi connectivity index (χ4n) is 4.18. The fourth-order valence-corrected chi connectivity index (χ4v) is 4.18. The highest BCUT2D eigenvalue weighted by Crippen LogP contribution is 2.23. The van der Waals surface area contributed by atoms with E-state index >= 15 is 0 Å². The first-order valence-corrected chi connectivity index (χ1v) is 11.5. The largest absolute Gasteiger partial charge is 0.493 e. The van der Waals surface area contributed by atoms with Crippen molar-refractivity contribution in [3.63, 3.8) is 0 Å². The monoisotopic (exact) mass is 445 g/mol. The minimum Gasteiger partial charge on any atom is -0.493 e. The summed E-state index contributed by atoms with van der Waals surface area (Å²) in [5.74, 6) is 0.214. The van der Waals surface area contributed by atoms with Crippen molar-refractivity contribution in [2.24, 2.45) is 0 Å². The lowest BCUT2D eigenvalue weighted by Gasteiger charge is -2.35. The molecule has 0 N–H and O–H groups in total. The predicted molar refractivity (Wildman–Crippen MR) is 129 cm³/mol. The number of pyridine rings is 1. The summed E-state index contributed by atoms with van der Waals surface area (Å²) in [6, 6.07) is 21.8. The molecule has 0 atom stereocenters. The van der Waals surface area contributed by atoms with Gasteiger partial charge in [-0.2, -0.15) is 0 Å². The third-order valence-corrected chi connectivity index (χ3v) is 5.97. The van der Waals surface area contributed by atoms with Crippen LogP contribution >= 0.6 is 0 Å². The van der Waals surface area contributed by atoms with Crippen LogP contribution in [0.1, 0.15) is 22.3 Å². The number of hydrogen-bond acceptors (Lipinski definition) is 6. The van der Waals surface area contributed by atoms with E-state index in [-0.39, 0.29) is 5.97 Å². The van der Waals surface area contributed by atoms with Crippen molar-refractivity contribution in [1.82, 2.24) is 14.8 Å². The maximum absolute atomic E-state index is 11.9. The minimum absolute atomic E-state index is 0.370. The van der Waals surface area contributed by atoms with Crippen LogP contribution in [-0.2, 0) is 11.3 Å². The molecule has 2 heterocycles. The van der Waals surface area contributed by atoms with E-state index in [4.69, 9.17) is 9.47 Å². The molecule has 0 aliphatic carbocycles. The number of carbonyl (C=O) groups excluding carboxylic acids is 1. The summed E-state index contributed by atoms with van der Waals surface area (Å²) in [4.78, 5) is 21.5. The van der Waals surface area contributed by atoms with E-state index in [9.17, 15) is 4.79 Å². The minimum atomic E-state index is -0.370. The van der Waals surface area contributed by atoms with Crippen molar-refractivity contribution in [2.45, 2.75) is 13.0 Å². The predicted octanol–water partition coefficient (Wildman–Crippen LogP) is 4.12. The van der Waals surface area contributed by atoms with Gasteiger partial charge in [0.1, 0.15) is 11.3 Å². The van der Waals surface area contributed by atoms with Crippen LogP contribution in [0.3, 0.4) is 0 Å². The van der Waals surface area contributed by atoms with Crippen molar-refractivity contribution >= 4 is 5.97 Å². The number of piperazine rings is 1. The normalized spacial score (nSPS) is 14.7. The SMILES string of the molecule is COC(=O)c1ccccc1OCCCN1CCN(Cc2cccnc2-c2ccccc2)CC1. The molecule has 1 saturated heterocycles. The first-order chi connectivity index (χ1) is 16.2. The van der Waals surface area contributed by atoms with Crippen LogP contribution in [0.4, 0.5) is 0 Å². The highest BCUT2D eigenvalue weighted by molar-refractivity contribution is 5.92. The second kappa shape index (κ2) is 11.6. The molecule has 0 unspecified atom stereocenters. The molecule has 0 bridgehead atoms. The first-order valence-electron chi connectivity index (χ1n) is 11.5. The lowest BCUT2D eigenvalue weighted by Crippen LogP contribution is -2.46. The summed E-state index contributed by atoms with van der Waals surface area (Å²) in [6.07, 6.45) is 2.78. The number of esters is 1. The molecule has 4 rings (SSSR count). The number of ether oxygens (including phenoxy) is 2. The van der Waals surface area contributed by atoms with Crippen LogP contribution < -0.4 is 4.74 Å². The molecular weight excluding hydrogens is 414 g/mol. The molecule has 0 saturated carbocycles.